The lowest BCUT2D eigenvalue weighted by molar-refractivity contribution is -0.384. The minimum Gasteiger partial charge on any atom is -0.469 e. The predicted octanol–water partition coefficient (Wildman–Crippen LogP) is 2.50. The number of anilines is 1. The maximum atomic E-state index is 12.8. The number of benzene rings is 1. The fourth-order valence-corrected chi connectivity index (χ4v) is 1.41. The van der Waals surface area contributed by atoms with Gasteiger partial charge < -0.3 is 10.1 Å². The third-order valence-corrected chi connectivity index (χ3v) is 2.39. The Labute approximate surface area is 111 Å². The van der Waals surface area contributed by atoms with Crippen molar-refractivity contribution in [2.75, 3.05) is 12.4 Å². The van der Waals surface area contributed by atoms with E-state index in [2.05, 4.69) is 4.74 Å². The Balaban J connectivity index is 2.92. The smallest absolute Gasteiger partial charge is 0.409 e. The number of alkyl halides is 3. The van der Waals surface area contributed by atoms with E-state index in [1.165, 1.54) is 12.1 Å². The summed E-state index contributed by atoms with van der Waals surface area (Å²) in [5.41, 5.74) is -0.459. The molecule has 1 aromatic carbocycles. The summed E-state index contributed by atoms with van der Waals surface area (Å²) in [6.07, 6.45) is -5.62. The van der Waals surface area contributed by atoms with Gasteiger partial charge in [0, 0.05) is 17.8 Å². The molecular formula is C11H11F3N2O4. The molecule has 20 heavy (non-hydrogen) atoms. The van der Waals surface area contributed by atoms with Crippen LogP contribution in [0.1, 0.15) is 6.42 Å². The molecule has 1 unspecified atom stereocenters. The molecule has 0 aliphatic rings. The Morgan fingerprint density at radius 2 is 2.15 bits per heavy atom. The van der Waals surface area contributed by atoms with Crippen molar-refractivity contribution >= 4 is 17.3 Å². The number of nitrogens with zero attached hydrogens (tertiary/aromatic N) is 1. The molecule has 0 aromatic heterocycles. The quantitative estimate of drug-likeness (QED) is 0.512. The highest BCUT2D eigenvalue weighted by Crippen LogP contribution is 2.27. The second-order valence-corrected chi connectivity index (χ2v) is 3.83. The third-order valence-electron chi connectivity index (χ3n) is 2.39. The molecule has 0 fully saturated rings. The van der Waals surface area contributed by atoms with Crippen LogP contribution in [0.5, 0.6) is 0 Å². The molecule has 110 valence electrons. The van der Waals surface area contributed by atoms with Crippen LogP contribution in [0.3, 0.4) is 0 Å². The zero-order chi connectivity index (χ0) is 15.3. The van der Waals surface area contributed by atoms with Crippen LogP contribution in [0.4, 0.5) is 24.5 Å². The lowest BCUT2D eigenvalue weighted by Crippen LogP contribution is -2.38. The fourth-order valence-electron chi connectivity index (χ4n) is 1.41. The summed E-state index contributed by atoms with van der Waals surface area (Å²) in [7, 11) is 0.975. The number of ether oxygens (including phenoxy) is 1. The SMILES string of the molecule is COC(=O)CC(Nc1cccc([N+](=O)[O-])c1)C(F)(F)F. The van der Waals surface area contributed by atoms with E-state index in [1.54, 1.807) is 0 Å². The number of hydrogen-bond acceptors (Lipinski definition) is 5. The molecule has 0 radical (unpaired) electrons. The van der Waals surface area contributed by atoms with E-state index >= 15 is 0 Å². The number of nitrogens with one attached hydrogen (secondary N) is 1. The van der Waals surface area contributed by atoms with Crippen LogP contribution in [-0.4, -0.2) is 30.2 Å². The molecule has 0 bridgehead atoms. The average molecular weight is 292 g/mol. The molecule has 1 rings (SSSR count). The number of nitro benzene ring substituents is 1. The standard InChI is InChI=1S/C11H11F3N2O4/c1-20-10(17)6-9(11(12,13)14)15-7-3-2-4-8(5-7)16(18)19/h2-5,9,15H,6H2,1H3. The second kappa shape index (κ2) is 6.22. The molecular weight excluding hydrogens is 281 g/mol. The van der Waals surface area contributed by atoms with E-state index in [-0.39, 0.29) is 11.4 Å². The zero-order valence-corrected chi connectivity index (χ0v) is 10.3. The Morgan fingerprint density at radius 3 is 2.65 bits per heavy atom. The van der Waals surface area contributed by atoms with Gasteiger partial charge in [-0.3, -0.25) is 14.9 Å². The normalized spacial score (nSPS) is 12.6. The van der Waals surface area contributed by atoms with Gasteiger partial charge in [0.05, 0.1) is 18.5 Å². The summed E-state index contributed by atoms with van der Waals surface area (Å²) in [6, 6.07) is 2.40. The van der Waals surface area contributed by atoms with Crippen LogP contribution in [0, 0.1) is 10.1 Å². The molecule has 0 heterocycles. The number of nitro groups is 1. The number of halogens is 3. The molecule has 1 atom stereocenters. The molecule has 0 saturated heterocycles. The van der Waals surface area contributed by atoms with E-state index in [4.69, 9.17) is 0 Å². The monoisotopic (exact) mass is 292 g/mol. The molecule has 0 saturated carbocycles. The molecule has 0 spiro atoms. The molecule has 0 aliphatic heterocycles. The topological polar surface area (TPSA) is 81.5 Å². The highest BCUT2D eigenvalue weighted by molar-refractivity contribution is 5.71. The Hall–Kier alpha value is -2.32. The summed E-state index contributed by atoms with van der Waals surface area (Å²) < 4.78 is 42.5. The molecule has 0 amide bonds. The maximum absolute atomic E-state index is 12.8. The molecule has 1 aromatic rings. The highest BCUT2D eigenvalue weighted by atomic mass is 19.4. The Morgan fingerprint density at radius 1 is 1.50 bits per heavy atom. The van der Waals surface area contributed by atoms with Crippen LogP contribution >= 0.6 is 0 Å². The first-order valence-electron chi connectivity index (χ1n) is 5.38. The van der Waals surface area contributed by atoms with Gasteiger partial charge >= 0.3 is 12.1 Å². The number of non-ortho nitro benzene ring substituents is 1. The zero-order valence-electron chi connectivity index (χ0n) is 10.3. The number of carbonyl (C=O) groups excluding carboxylic acids is 1. The average Bonchev–Trinajstić information content (AvgIpc) is 2.37. The first-order valence-corrected chi connectivity index (χ1v) is 5.38. The predicted molar refractivity (Wildman–Crippen MR) is 63.2 cm³/mol. The minimum absolute atomic E-state index is 0.106. The lowest BCUT2D eigenvalue weighted by atomic mass is 10.1. The van der Waals surface area contributed by atoms with Gasteiger partial charge in [0.25, 0.3) is 5.69 Å². The van der Waals surface area contributed by atoms with Crippen LogP contribution in [-0.2, 0) is 9.53 Å². The van der Waals surface area contributed by atoms with Gasteiger partial charge in [-0.15, -0.1) is 0 Å². The summed E-state index contributed by atoms with van der Waals surface area (Å²) >= 11 is 0. The van der Waals surface area contributed by atoms with Crippen molar-refractivity contribution in [2.24, 2.45) is 0 Å². The van der Waals surface area contributed by atoms with Crippen LogP contribution in [0.25, 0.3) is 0 Å². The maximum Gasteiger partial charge on any atom is 0.409 e. The van der Waals surface area contributed by atoms with Crippen molar-refractivity contribution in [1.82, 2.24) is 0 Å². The van der Waals surface area contributed by atoms with Gasteiger partial charge in [-0.05, 0) is 6.07 Å². The summed E-state index contributed by atoms with van der Waals surface area (Å²) in [4.78, 5) is 20.8. The molecule has 6 nitrogen and oxygen atoms in total. The Bertz CT molecular complexity index is 505. The van der Waals surface area contributed by atoms with E-state index in [1.807, 2.05) is 5.32 Å². The van der Waals surface area contributed by atoms with Crippen molar-refractivity contribution in [3.05, 3.63) is 34.4 Å². The first-order chi connectivity index (χ1) is 9.24. The van der Waals surface area contributed by atoms with Crippen LogP contribution < -0.4 is 5.32 Å². The number of methoxy groups -OCH3 is 1. The fraction of sp³-hybridized carbons (Fsp3) is 0.364. The van der Waals surface area contributed by atoms with Crippen molar-refractivity contribution < 1.29 is 27.6 Å². The first kappa shape index (κ1) is 15.7. The van der Waals surface area contributed by atoms with E-state index in [0.29, 0.717) is 0 Å². The second-order valence-electron chi connectivity index (χ2n) is 3.83. The molecule has 9 heteroatoms. The largest absolute Gasteiger partial charge is 0.469 e. The van der Waals surface area contributed by atoms with E-state index in [0.717, 1.165) is 19.2 Å². The highest BCUT2D eigenvalue weighted by Gasteiger charge is 2.41. The van der Waals surface area contributed by atoms with Gasteiger partial charge in [0.2, 0.25) is 0 Å². The molecule has 0 aliphatic carbocycles. The van der Waals surface area contributed by atoms with Crippen molar-refractivity contribution in [3.8, 4) is 0 Å². The number of rotatable bonds is 5. The van der Waals surface area contributed by atoms with E-state index in [9.17, 15) is 28.1 Å². The van der Waals surface area contributed by atoms with Gasteiger partial charge in [-0.2, -0.15) is 13.2 Å². The lowest BCUT2D eigenvalue weighted by Gasteiger charge is -2.21. The van der Waals surface area contributed by atoms with E-state index < -0.39 is 29.5 Å². The Kier molecular flexibility index (Phi) is 4.89. The minimum atomic E-state index is -4.70. The number of hydrogen-bond donors (Lipinski definition) is 1. The molecule has 1 N–H and O–H groups in total. The third kappa shape index (κ3) is 4.41. The summed E-state index contributed by atoms with van der Waals surface area (Å²) in [6.45, 7) is 0. The van der Waals surface area contributed by atoms with Gasteiger partial charge in [0.15, 0.2) is 0 Å². The van der Waals surface area contributed by atoms with Crippen molar-refractivity contribution in [2.45, 2.75) is 18.6 Å². The summed E-state index contributed by atoms with van der Waals surface area (Å²) in [5, 5.41) is 12.6. The number of carbonyl (C=O) groups is 1. The van der Waals surface area contributed by atoms with Gasteiger partial charge in [-0.1, -0.05) is 6.07 Å². The van der Waals surface area contributed by atoms with Crippen LogP contribution in [0.15, 0.2) is 24.3 Å². The summed E-state index contributed by atoms with van der Waals surface area (Å²) in [5.74, 6) is -1.04. The van der Waals surface area contributed by atoms with Crippen LogP contribution in [0.2, 0.25) is 0 Å². The van der Waals surface area contributed by atoms with Crippen molar-refractivity contribution in [1.29, 1.82) is 0 Å². The number of esters is 1. The van der Waals surface area contributed by atoms with Crippen molar-refractivity contribution in [3.63, 3.8) is 0 Å². The van der Waals surface area contributed by atoms with Gasteiger partial charge in [-0.25, -0.2) is 0 Å². The van der Waals surface area contributed by atoms with Gasteiger partial charge in [0.1, 0.15) is 6.04 Å².